The maximum Gasteiger partial charge on any atom is 0.336 e. The Morgan fingerprint density at radius 1 is 0.829 bits per heavy atom. The molecule has 0 radical (unpaired) electrons. The molecule has 0 fully saturated rings. The molecule has 0 aromatic heterocycles. The molecule has 35 heavy (non-hydrogen) atoms. The van der Waals surface area contributed by atoms with Gasteiger partial charge in [0.2, 0.25) is 0 Å². The Hall–Kier alpha value is -3.74. The van der Waals surface area contributed by atoms with Gasteiger partial charge in [0.15, 0.2) is 11.5 Å². The lowest BCUT2D eigenvalue weighted by atomic mass is 9.80. The van der Waals surface area contributed by atoms with E-state index in [0.717, 1.165) is 5.56 Å². The number of ether oxygens (including phenoxy) is 4. The molecule has 2 aromatic carbocycles. The summed E-state index contributed by atoms with van der Waals surface area (Å²) in [6.07, 6.45) is 0. The van der Waals surface area contributed by atoms with Gasteiger partial charge in [0.25, 0.3) is 0 Å². The molecule has 7 nitrogen and oxygen atoms in total. The van der Waals surface area contributed by atoms with Gasteiger partial charge in [-0.2, -0.15) is 0 Å². The van der Waals surface area contributed by atoms with Crippen LogP contribution >= 0.6 is 0 Å². The lowest BCUT2D eigenvalue weighted by molar-refractivity contribution is -0.139. The first-order chi connectivity index (χ1) is 16.8. The second-order valence-electron chi connectivity index (χ2n) is 8.26. The molecule has 0 amide bonds. The fourth-order valence-electron chi connectivity index (χ4n) is 4.11. The number of benzene rings is 2. The minimum atomic E-state index is -0.686. The molecule has 0 saturated carbocycles. The van der Waals surface area contributed by atoms with E-state index in [-0.39, 0.29) is 13.2 Å². The number of dihydropyridines is 1. The minimum Gasteiger partial charge on any atom is -0.493 e. The van der Waals surface area contributed by atoms with Crippen LogP contribution in [0.4, 0.5) is 0 Å². The molecular weight excluding hydrogens is 446 g/mol. The van der Waals surface area contributed by atoms with Crippen LogP contribution < -0.4 is 14.8 Å². The number of methoxy groups -OCH3 is 1. The summed E-state index contributed by atoms with van der Waals surface area (Å²) in [7, 11) is 1.56. The smallest absolute Gasteiger partial charge is 0.336 e. The molecule has 0 unspecified atom stereocenters. The first-order valence-corrected chi connectivity index (χ1v) is 11.7. The quantitative estimate of drug-likeness (QED) is 0.510. The van der Waals surface area contributed by atoms with Crippen molar-refractivity contribution in [1.29, 1.82) is 0 Å². The SMILES string of the molecule is CCOC(=O)C1=C(C)NC(C)=C(C(=O)OCC)C1c1ccc(OCc2ccc(C)cc2)c(OC)c1. The highest BCUT2D eigenvalue weighted by atomic mass is 16.5. The number of hydrogen-bond acceptors (Lipinski definition) is 7. The monoisotopic (exact) mass is 479 g/mol. The lowest BCUT2D eigenvalue weighted by Crippen LogP contribution is -2.32. The van der Waals surface area contributed by atoms with E-state index in [1.165, 1.54) is 5.56 Å². The summed E-state index contributed by atoms with van der Waals surface area (Å²) in [6, 6.07) is 13.5. The maximum atomic E-state index is 13.0. The molecular formula is C28H33NO6. The average molecular weight is 480 g/mol. The van der Waals surface area contributed by atoms with Crippen LogP contribution in [0.15, 0.2) is 65.0 Å². The maximum absolute atomic E-state index is 13.0. The largest absolute Gasteiger partial charge is 0.493 e. The van der Waals surface area contributed by atoms with Gasteiger partial charge in [-0.05, 0) is 57.9 Å². The normalized spacial score (nSPS) is 13.9. The highest BCUT2D eigenvalue weighted by molar-refractivity contribution is 6.00. The van der Waals surface area contributed by atoms with Gasteiger partial charge >= 0.3 is 11.9 Å². The van der Waals surface area contributed by atoms with E-state index in [4.69, 9.17) is 18.9 Å². The van der Waals surface area contributed by atoms with E-state index in [2.05, 4.69) is 5.32 Å². The third-order valence-corrected chi connectivity index (χ3v) is 5.79. The van der Waals surface area contributed by atoms with Crippen LogP contribution in [0.1, 0.15) is 50.3 Å². The number of esters is 2. The average Bonchev–Trinajstić information content (AvgIpc) is 2.83. The van der Waals surface area contributed by atoms with E-state index in [0.29, 0.717) is 46.2 Å². The number of allylic oxidation sites excluding steroid dienone is 2. The fraction of sp³-hybridized carbons (Fsp3) is 0.357. The molecule has 0 spiro atoms. The van der Waals surface area contributed by atoms with Crippen molar-refractivity contribution in [1.82, 2.24) is 5.32 Å². The zero-order valence-electron chi connectivity index (χ0n) is 21.2. The van der Waals surface area contributed by atoms with E-state index in [1.807, 2.05) is 37.3 Å². The molecule has 1 aliphatic heterocycles. The van der Waals surface area contributed by atoms with Gasteiger partial charge in [-0.3, -0.25) is 0 Å². The van der Waals surface area contributed by atoms with Gasteiger partial charge in [-0.1, -0.05) is 35.9 Å². The third-order valence-electron chi connectivity index (χ3n) is 5.79. The van der Waals surface area contributed by atoms with Crippen molar-refractivity contribution in [3.8, 4) is 11.5 Å². The van der Waals surface area contributed by atoms with Crippen LogP contribution in [-0.2, 0) is 25.7 Å². The Morgan fingerprint density at radius 2 is 1.40 bits per heavy atom. The summed E-state index contributed by atoms with van der Waals surface area (Å²) < 4.78 is 22.3. The van der Waals surface area contributed by atoms with E-state index in [1.54, 1.807) is 46.9 Å². The van der Waals surface area contributed by atoms with Crippen LogP contribution in [0.5, 0.6) is 11.5 Å². The number of nitrogens with one attached hydrogen (secondary N) is 1. The summed E-state index contributed by atoms with van der Waals surface area (Å²) in [5, 5.41) is 3.14. The molecule has 3 rings (SSSR count). The van der Waals surface area contributed by atoms with Crippen molar-refractivity contribution in [2.75, 3.05) is 20.3 Å². The molecule has 0 atom stereocenters. The number of hydrogen-bond donors (Lipinski definition) is 1. The van der Waals surface area contributed by atoms with Gasteiger partial charge in [0.1, 0.15) is 6.61 Å². The highest BCUT2D eigenvalue weighted by Gasteiger charge is 2.38. The predicted octanol–water partition coefficient (Wildman–Crippen LogP) is 4.94. The van der Waals surface area contributed by atoms with E-state index >= 15 is 0 Å². The molecule has 1 heterocycles. The lowest BCUT2D eigenvalue weighted by Gasteiger charge is -2.30. The summed E-state index contributed by atoms with van der Waals surface area (Å²) >= 11 is 0. The number of carbonyl (C=O) groups excluding carboxylic acids is 2. The number of rotatable bonds is 9. The van der Waals surface area contributed by atoms with E-state index < -0.39 is 17.9 Å². The van der Waals surface area contributed by atoms with Gasteiger partial charge in [-0.15, -0.1) is 0 Å². The molecule has 0 saturated heterocycles. The molecule has 2 aromatic rings. The van der Waals surface area contributed by atoms with Gasteiger partial charge in [-0.25, -0.2) is 9.59 Å². The minimum absolute atomic E-state index is 0.217. The molecule has 1 N–H and O–H groups in total. The molecule has 186 valence electrons. The highest BCUT2D eigenvalue weighted by Crippen LogP contribution is 2.42. The predicted molar refractivity (Wildman–Crippen MR) is 133 cm³/mol. The fourth-order valence-corrected chi connectivity index (χ4v) is 4.11. The number of aryl methyl sites for hydroxylation is 1. The van der Waals surface area contributed by atoms with Crippen LogP contribution in [0.25, 0.3) is 0 Å². The Labute approximate surface area is 206 Å². The van der Waals surface area contributed by atoms with Crippen molar-refractivity contribution < 1.29 is 28.5 Å². The van der Waals surface area contributed by atoms with Crippen molar-refractivity contribution in [2.45, 2.75) is 47.1 Å². The van der Waals surface area contributed by atoms with Crippen molar-refractivity contribution in [2.24, 2.45) is 0 Å². The van der Waals surface area contributed by atoms with Crippen molar-refractivity contribution in [3.05, 3.63) is 81.7 Å². The molecule has 7 heteroatoms. The summed E-state index contributed by atoms with van der Waals surface area (Å²) in [6.45, 7) is 9.93. The van der Waals surface area contributed by atoms with Crippen LogP contribution in [0.2, 0.25) is 0 Å². The Kier molecular flexibility index (Phi) is 8.58. The Balaban J connectivity index is 2.02. The topological polar surface area (TPSA) is 83.1 Å². The summed E-state index contributed by atoms with van der Waals surface area (Å²) in [4.78, 5) is 26.0. The van der Waals surface area contributed by atoms with Crippen LogP contribution in [-0.4, -0.2) is 32.3 Å². The van der Waals surface area contributed by atoms with Gasteiger partial charge in [0, 0.05) is 11.4 Å². The first-order valence-electron chi connectivity index (χ1n) is 11.7. The van der Waals surface area contributed by atoms with E-state index in [9.17, 15) is 9.59 Å². The Morgan fingerprint density at radius 3 is 1.91 bits per heavy atom. The second kappa shape index (κ2) is 11.6. The Bertz CT molecular complexity index is 1110. The first kappa shape index (κ1) is 25.9. The van der Waals surface area contributed by atoms with Crippen LogP contribution in [0, 0.1) is 6.92 Å². The van der Waals surface area contributed by atoms with Crippen molar-refractivity contribution >= 4 is 11.9 Å². The molecule has 1 aliphatic rings. The summed E-state index contributed by atoms with van der Waals surface area (Å²) in [5.74, 6) is -0.613. The standard InChI is InChI=1S/C28H33NO6/c1-7-33-27(30)24-18(4)29-19(5)25(28(31)34-8-2)26(24)21-13-14-22(23(15-21)32-6)35-16-20-11-9-17(3)10-12-20/h9-15,26,29H,7-8,16H2,1-6H3. The van der Waals surface area contributed by atoms with Gasteiger partial charge < -0.3 is 24.3 Å². The number of carbonyl (C=O) groups is 2. The van der Waals surface area contributed by atoms with Crippen molar-refractivity contribution in [3.63, 3.8) is 0 Å². The van der Waals surface area contributed by atoms with Gasteiger partial charge in [0.05, 0.1) is 37.4 Å². The molecule has 0 bridgehead atoms. The molecule has 0 aliphatic carbocycles. The second-order valence-corrected chi connectivity index (χ2v) is 8.26. The third kappa shape index (κ3) is 5.85. The zero-order chi connectivity index (χ0) is 25.5. The zero-order valence-corrected chi connectivity index (χ0v) is 21.2. The van der Waals surface area contributed by atoms with Crippen LogP contribution in [0.3, 0.4) is 0 Å². The summed E-state index contributed by atoms with van der Waals surface area (Å²) in [5.41, 5.74) is 4.86.